The molecule has 0 saturated heterocycles. The zero-order valence-electron chi connectivity index (χ0n) is 20.8. The normalized spacial score (nSPS) is 14.3. The van der Waals surface area contributed by atoms with E-state index >= 15 is 0 Å². The Morgan fingerprint density at radius 1 is 1.35 bits per heavy atom. The van der Waals surface area contributed by atoms with Gasteiger partial charge in [-0.3, -0.25) is 4.90 Å². The molecular weight excluding hydrogens is 494 g/mol. The number of fused-ring (bicyclic) bond motifs is 1. The van der Waals surface area contributed by atoms with Crippen molar-refractivity contribution < 1.29 is 18.5 Å². The summed E-state index contributed by atoms with van der Waals surface area (Å²) in [5.41, 5.74) is 1.53. The molecule has 0 spiro atoms. The van der Waals surface area contributed by atoms with E-state index in [1.807, 2.05) is 55.4 Å². The smallest absolute Gasteiger partial charge is 0.415 e. The first-order valence-corrected chi connectivity index (χ1v) is 13.3. The summed E-state index contributed by atoms with van der Waals surface area (Å²) < 4.78 is 27.5. The summed E-state index contributed by atoms with van der Waals surface area (Å²) in [4.78, 5) is 20.3. The van der Waals surface area contributed by atoms with E-state index in [2.05, 4.69) is 9.71 Å². The average Bonchev–Trinajstić information content (AvgIpc) is 3.32. The summed E-state index contributed by atoms with van der Waals surface area (Å²) in [7, 11) is 0. The molecule has 0 radical (unpaired) electrons. The number of nitrogens with one attached hydrogen (secondary N) is 1. The maximum Gasteiger partial charge on any atom is 0.415 e. The number of rotatable bonds is 6. The molecule has 1 N–H and O–H groups in total. The van der Waals surface area contributed by atoms with E-state index in [1.165, 1.54) is 16.2 Å². The highest BCUT2D eigenvalue weighted by atomic mass is 35.5. The fourth-order valence-corrected chi connectivity index (χ4v) is 5.60. The van der Waals surface area contributed by atoms with Crippen LogP contribution in [0.15, 0.2) is 28.9 Å². The maximum absolute atomic E-state index is 13.3. The van der Waals surface area contributed by atoms with Gasteiger partial charge < -0.3 is 13.7 Å². The van der Waals surface area contributed by atoms with E-state index in [0.29, 0.717) is 17.0 Å². The van der Waals surface area contributed by atoms with E-state index in [4.69, 9.17) is 20.8 Å². The Kier molecular flexibility index (Phi) is 7.94. The molecule has 34 heavy (non-hydrogen) atoms. The highest BCUT2D eigenvalue weighted by molar-refractivity contribution is 7.90. The first kappa shape index (κ1) is 26.8. The summed E-state index contributed by atoms with van der Waals surface area (Å²) in [6, 6.07) is 5.05. The van der Waals surface area contributed by atoms with E-state index in [9.17, 15) is 9.35 Å². The minimum atomic E-state index is -1.24. The number of hydrogen-bond donors (Lipinski definition) is 1. The number of thiophene rings is 1. The van der Waals surface area contributed by atoms with Crippen LogP contribution in [-0.2, 0) is 22.6 Å². The summed E-state index contributed by atoms with van der Waals surface area (Å²) in [5.74, 6) is 0.607. The third kappa shape index (κ3) is 6.26. The van der Waals surface area contributed by atoms with Crippen LogP contribution in [0.2, 0.25) is 5.15 Å². The molecule has 0 aliphatic rings. The quantitative estimate of drug-likeness (QED) is 0.278. The molecule has 1 amide bonds. The summed E-state index contributed by atoms with van der Waals surface area (Å²) >= 11 is 6.67. The van der Waals surface area contributed by atoms with Crippen molar-refractivity contribution in [1.82, 2.24) is 9.71 Å². The van der Waals surface area contributed by atoms with E-state index in [1.54, 1.807) is 24.5 Å². The molecule has 10 heteroatoms. The molecule has 7 nitrogen and oxygen atoms in total. The molecule has 0 aliphatic heterocycles. The van der Waals surface area contributed by atoms with E-state index < -0.39 is 27.8 Å². The second-order valence-corrected chi connectivity index (χ2v) is 13.5. The summed E-state index contributed by atoms with van der Waals surface area (Å²) in [5, 5.41) is 0.266. The number of carbonyl (C=O) groups is 1. The first-order valence-electron chi connectivity index (χ1n) is 11.0. The molecule has 0 aliphatic carbocycles. The van der Waals surface area contributed by atoms with Gasteiger partial charge in [0.15, 0.2) is 0 Å². The molecule has 3 rings (SSSR count). The molecule has 186 valence electrons. The molecule has 3 heterocycles. The Morgan fingerprint density at radius 2 is 2.03 bits per heavy atom. The average molecular weight is 526 g/mol. The number of anilines is 1. The largest absolute Gasteiger partial charge is 0.598 e. The van der Waals surface area contributed by atoms with Gasteiger partial charge in [-0.25, -0.2) is 9.78 Å². The van der Waals surface area contributed by atoms with Gasteiger partial charge in [0.25, 0.3) is 0 Å². The first-order chi connectivity index (χ1) is 15.7. The molecule has 3 aromatic rings. The van der Waals surface area contributed by atoms with Gasteiger partial charge in [0.2, 0.25) is 0 Å². The van der Waals surface area contributed by atoms with Gasteiger partial charge in [-0.15, -0.1) is 16.1 Å². The fraction of sp³-hybridized carbons (Fsp3) is 0.500. The van der Waals surface area contributed by atoms with Crippen molar-refractivity contribution in [3.05, 3.63) is 45.8 Å². The zero-order valence-corrected chi connectivity index (χ0v) is 23.2. The van der Waals surface area contributed by atoms with E-state index in [0.717, 1.165) is 15.1 Å². The zero-order chi connectivity index (χ0) is 25.4. The lowest BCUT2D eigenvalue weighted by Crippen LogP contribution is -2.40. The molecule has 0 fully saturated rings. The number of furan rings is 1. The molecule has 0 saturated carbocycles. The Labute approximate surface area is 213 Å². The number of nitrogens with zero attached hydrogens (tertiary/aromatic N) is 2. The van der Waals surface area contributed by atoms with Crippen molar-refractivity contribution in [3.63, 3.8) is 0 Å². The van der Waals surface area contributed by atoms with Crippen LogP contribution in [0.1, 0.15) is 70.7 Å². The van der Waals surface area contributed by atoms with Gasteiger partial charge >= 0.3 is 6.09 Å². The molecule has 1 unspecified atom stereocenters. The lowest BCUT2D eigenvalue weighted by Gasteiger charge is -2.27. The fourth-order valence-electron chi connectivity index (χ4n) is 3.28. The minimum Gasteiger partial charge on any atom is -0.598 e. The van der Waals surface area contributed by atoms with Crippen LogP contribution >= 0.6 is 22.9 Å². The van der Waals surface area contributed by atoms with Gasteiger partial charge in [-0.1, -0.05) is 11.6 Å². The lowest BCUT2D eigenvalue weighted by atomic mass is 10.1. The van der Waals surface area contributed by atoms with Crippen molar-refractivity contribution in [2.24, 2.45) is 0 Å². The van der Waals surface area contributed by atoms with Crippen LogP contribution in [0.3, 0.4) is 0 Å². The van der Waals surface area contributed by atoms with Crippen LogP contribution in [0.5, 0.6) is 0 Å². The molecule has 0 aromatic carbocycles. The number of ether oxygens (including phenoxy) is 1. The number of halogens is 1. The van der Waals surface area contributed by atoms with Crippen LogP contribution in [-0.4, -0.2) is 26.0 Å². The van der Waals surface area contributed by atoms with Gasteiger partial charge in [-0.2, -0.15) is 0 Å². The summed E-state index contributed by atoms with van der Waals surface area (Å²) in [6.07, 6.45) is 1.05. The highest BCUT2D eigenvalue weighted by Crippen LogP contribution is 2.41. The van der Waals surface area contributed by atoms with Crippen LogP contribution in [0.4, 0.5) is 10.5 Å². The Morgan fingerprint density at radius 3 is 2.59 bits per heavy atom. The topological polar surface area (TPSA) is 90.7 Å². The van der Waals surface area contributed by atoms with Gasteiger partial charge in [0.05, 0.1) is 34.8 Å². The van der Waals surface area contributed by atoms with E-state index in [-0.39, 0.29) is 17.7 Å². The van der Waals surface area contributed by atoms with Gasteiger partial charge in [0, 0.05) is 22.3 Å². The minimum absolute atomic E-state index is 0.172. The van der Waals surface area contributed by atoms with Gasteiger partial charge in [-0.05, 0) is 73.1 Å². The second-order valence-electron chi connectivity index (χ2n) is 10.1. The van der Waals surface area contributed by atoms with Crippen LogP contribution in [0.25, 0.3) is 10.2 Å². The standard InChI is InChI=1S/C24H32ClN3O4S2/c1-14-19-21(33-20(14)15(2)27-34(30)24(6,7)8)17(12-18(25)26-19)28(13-16-10-9-11-31-16)22(29)32-23(3,4)5/h9-12,15,27H,13H2,1-8H3/t15-,34?/m0/s1. The lowest BCUT2D eigenvalue weighted by molar-refractivity contribution is 0.0575. The third-order valence-electron chi connectivity index (χ3n) is 4.89. The predicted octanol–water partition coefficient (Wildman–Crippen LogP) is 6.91. The maximum atomic E-state index is 13.3. The highest BCUT2D eigenvalue weighted by Gasteiger charge is 2.31. The van der Waals surface area contributed by atoms with Crippen molar-refractivity contribution in [3.8, 4) is 0 Å². The van der Waals surface area contributed by atoms with Gasteiger partial charge in [0.1, 0.15) is 21.3 Å². The molecule has 2 atom stereocenters. The predicted molar refractivity (Wildman–Crippen MR) is 140 cm³/mol. The van der Waals surface area contributed by atoms with Crippen LogP contribution in [0, 0.1) is 6.92 Å². The van der Waals surface area contributed by atoms with Crippen molar-refractivity contribution in [1.29, 1.82) is 0 Å². The van der Waals surface area contributed by atoms with Crippen molar-refractivity contribution >= 4 is 56.3 Å². The number of aryl methyl sites for hydroxylation is 1. The van der Waals surface area contributed by atoms with Crippen LogP contribution < -0.4 is 9.62 Å². The Hall–Kier alpha value is -1.78. The monoisotopic (exact) mass is 525 g/mol. The number of pyridine rings is 1. The number of amides is 1. The Balaban J connectivity index is 2.10. The number of carbonyl (C=O) groups excluding carboxylic acids is 1. The molecule has 3 aromatic heterocycles. The molecular formula is C24H32ClN3O4S2. The third-order valence-corrected chi connectivity index (χ3v) is 8.25. The van der Waals surface area contributed by atoms with Crippen molar-refractivity contribution in [2.75, 3.05) is 4.90 Å². The Bertz CT molecular complexity index is 1150. The number of aromatic nitrogens is 1. The second kappa shape index (κ2) is 10.1. The van der Waals surface area contributed by atoms with Crippen molar-refractivity contribution in [2.45, 2.75) is 78.3 Å². The molecule has 0 bridgehead atoms. The summed E-state index contributed by atoms with van der Waals surface area (Å²) in [6.45, 7) is 15.3. The number of hydrogen-bond acceptors (Lipinski definition) is 7. The SMILES string of the molecule is Cc1c([C@H](C)N[S+]([O-])C(C)(C)C)sc2c(N(Cc3ccco3)C(=O)OC(C)(C)C)cc(Cl)nc12.